The summed E-state index contributed by atoms with van der Waals surface area (Å²) in [5, 5.41) is 2.47. The van der Waals surface area contributed by atoms with E-state index in [9.17, 15) is 14.4 Å². The summed E-state index contributed by atoms with van der Waals surface area (Å²) in [5.41, 5.74) is 2.02. The molecule has 2 rings (SSSR count). The van der Waals surface area contributed by atoms with Crippen molar-refractivity contribution in [3.63, 3.8) is 0 Å². The molecule has 0 heterocycles. The molecule has 1 aliphatic rings. The molecule has 0 aromatic heterocycles. The van der Waals surface area contributed by atoms with Crippen LogP contribution in [0.5, 0.6) is 5.75 Å². The van der Waals surface area contributed by atoms with Gasteiger partial charge >= 0.3 is 0 Å². The van der Waals surface area contributed by atoms with Crippen LogP contribution in [0.1, 0.15) is 12.0 Å². The molecule has 1 aromatic carbocycles. The Morgan fingerprint density at radius 3 is 2.83 bits per heavy atom. The van der Waals surface area contributed by atoms with E-state index in [1.807, 2.05) is 6.08 Å². The van der Waals surface area contributed by atoms with Crippen molar-refractivity contribution in [3.05, 3.63) is 54.6 Å². The van der Waals surface area contributed by atoms with Crippen molar-refractivity contribution in [2.24, 2.45) is 5.92 Å². The average molecular weight is 311 g/mol. The number of ether oxygens (including phenoxy) is 1. The highest BCUT2D eigenvalue weighted by Gasteiger charge is 2.19. The third-order valence-electron chi connectivity index (χ3n) is 3.48. The van der Waals surface area contributed by atoms with Gasteiger partial charge in [-0.2, -0.15) is 0 Å². The number of methoxy groups -OCH3 is 1. The van der Waals surface area contributed by atoms with Gasteiger partial charge in [-0.1, -0.05) is 18.2 Å². The van der Waals surface area contributed by atoms with E-state index in [1.165, 1.54) is 6.08 Å². The first-order valence-electron chi connectivity index (χ1n) is 7.08. The summed E-state index contributed by atoms with van der Waals surface area (Å²) in [4.78, 5) is 33.5. The lowest BCUT2D eigenvalue weighted by molar-refractivity contribution is -0.127. The van der Waals surface area contributed by atoms with Gasteiger partial charge in [0.25, 0.3) is 5.91 Å². The highest BCUT2D eigenvalue weighted by atomic mass is 16.5. The van der Waals surface area contributed by atoms with Crippen LogP contribution in [-0.4, -0.2) is 25.1 Å². The molecule has 5 heteroatoms. The number of anilines is 1. The minimum Gasteiger partial charge on any atom is -0.496 e. The molecular formula is C18H17NO4. The van der Waals surface area contributed by atoms with Crippen molar-refractivity contribution in [3.8, 4) is 5.75 Å². The molecule has 1 aromatic rings. The zero-order valence-electron chi connectivity index (χ0n) is 12.7. The number of benzene rings is 1. The Bertz CT molecular complexity index is 716. The van der Waals surface area contributed by atoms with Crippen molar-refractivity contribution >= 4 is 29.2 Å². The second-order valence-electron chi connectivity index (χ2n) is 5.01. The van der Waals surface area contributed by atoms with Gasteiger partial charge in [0.05, 0.1) is 7.11 Å². The van der Waals surface area contributed by atoms with Gasteiger partial charge in [-0.25, -0.2) is 0 Å². The Hall–Kier alpha value is -2.95. The van der Waals surface area contributed by atoms with Crippen LogP contribution in [0.25, 0.3) is 5.57 Å². The van der Waals surface area contributed by atoms with Crippen molar-refractivity contribution < 1.29 is 19.1 Å². The minimum absolute atomic E-state index is 0.0260. The SMILES string of the molecule is C=CCC1C=C(c2cc(NC(=O)C=O)ccc2OC)C=CC1=O. The van der Waals surface area contributed by atoms with Crippen LogP contribution >= 0.6 is 0 Å². The van der Waals surface area contributed by atoms with Gasteiger partial charge in [0.1, 0.15) is 5.75 Å². The zero-order valence-corrected chi connectivity index (χ0v) is 12.7. The molecule has 118 valence electrons. The maximum atomic E-state index is 11.9. The molecule has 0 fully saturated rings. The molecule has 0 saturated carbocycles. The van der Waals surface area contributed by atoms with E-state index < -0.39 is 5.91 Å². The summed E-state index contributed by atoms with van der Waals surface area (Å²) < 4.78 is 5.34. The van der Waals surface area contributed by atoms with E-state index in [0.717, 1.165) is 11.1 Å². The minimum atomic E-state index is -0.728. The van der Waals surface area contributed by atoms with Gasteiger partial charge in [-0.15, -0.1) is 6.58 Å². The normalized spacial score (nSPS) is 16.5. The standard InChI is InChI=1S/C18H17NO4/c1-3-4-13-9-12(5-7-16(13)21)15-10-14(19-18(22)11-20)6-8-17(15)23-2/h3,5-11,13H,1,4H2,2H3,(H,19,22). The molecule has 0 radical (unpaired) electrons. The van der Waals surface area contributed by atoms with Gasteiger partial charge in [-0.3, -0.25) is 14.4 Å². The second kappa shape index (κ2) is 7.35. The van der Waals surface area contributed by atoms with Crippen molar-refractivity contribution in [2.45, 2.75) is 6.42 Å². The van der Waals surface area contributed by atoms with E-state index in [2.05, 4.69) is 11.9 Å². The van der Waals surface area contributed by atoms with Crippen LogP contribution < -0.4 is 10.1 Å². The van der Waals surface area contributed by atoms with Gasteiger partial charge in [-0.05, 0) is 36.3 Å². The van der Waals surface area contributed by atoms with Gasteiger partial charge in [0.15, 0.2) is 5.78 Å². The number of allylic oxidation sites excluding steroid dienone is 5. The van der Waals surface area contributed by atoms with Crippen LogP contribution in [0.3, 0.4) is 0 Å². The van der Waals surface area contributed by atoms with Gasteiger partial charge in [0, 0.05) is 17.2 Å². The molecule has 1 aliphatic carbocycles. The molecule has 0 bridgehead atoms. The summed E-state index contributed by atoms with van der Waals surface area (Å²) >= 11 is 0. The number of hydrogen-bond acceptors (Lipinski definition) is 4. The number of nitrogens with one attached hydrogen (secondary N) is 1. The molecule has 1 unspecified atom stereocenters. The van der Waals surface area contributed by atoms with Crippen LogP contribution in [0.15, 0.2) is 49.1 Å². The fraction of sp³-hybridized carbons (Fsp3) is 0.167. The van der Waals surface area contributed by atoms with Crippen molar-refractivity contribution in [2.75, 3.05) is 12.4 Å². The largest absolute Gasteiger partial charge is 0.496 e. The predicted octanol–water partition coefficient (Wildman–Crippen LogP) is 2.55. The van der Waals surface area contributed by atoms with Crippen molar-refractivity contribution in [1.29, 1.82) is 0 Å². The predicted molar refractivity (Wildman–Crippen MR) is 88.1 cm³/mol. The number of carbonyl (C=O) groups excluding carboxylic acids is 3. The highest BCUT2D eigenvalue weighted by molar-refractivity contribution is 6.29. The quantitative estimate of drug-likeness (QED) is 0.498. The Balaban J connectivity index is 2.41. The lowest BCUT2D eigenvalue weighted by atomic mass is 9.89. The molecule has 0 saturated heterocycles. The smallest absolute Gasteiger partial charge is 0.288 e. The Morgan fingerprint density at radius 2 is 2.17 bits per heavy atom. The van der Waals surface area contributed by atoms with E-state index in [1.54, 1.807) is 37.5 Å². The maximum Gasteiger partial charge on any atom is 0.288 e. The van der Waals surface area contributed by atoms with Crippen molar-refractivity contribution in [1.82, 2.24) is 0 Å². The number of rotatable bonds is 6. The van der Waals surface area contributed by atoms with Crippen LogP contribution in [0.2, 0.25) is 0 Å². The van der Waals surface area contributed by atoms with Crippen LogP contribution in [-0.2, 0) is 14.4 Å². The summed E-state index contributed by atoms with van der Waals surface area (Å²) in [6, 6.07) is 5.05. The number of carbonyl (C=O) groups is 3. The number of amides is 1. The molecular weight excluding hydrogens is 294 g/mol. The van der Waals surface area contributed by atoms with Gasteiger partial charge in [0.2, 0.25) is 6.29 Å². The van der Waals surface area contributed by atoms with Gasteiger partial charge < -0.3 is 10.1 Å². The monoisotopic (exact) mass is 311 g/mol. The first kappa shape index (κ1) is 16.4. The molecule has 1 amide bonds. The molecule has 23 heavy (non-hydrogen) atoms. The van der Waals surface area contributed by atoms with E-state index in [4.69, 9.17) is 4.74 Å². The van der Waals surface area contributed by atoms with E-state index in [0.29, 0.717) is 17.9 Å². The summed E-state index contributed by atoms with van der Waals surface area (Å²) in [7, 11) is 1.54. The first-order chi connectivity index (χ1) is 11.1. The lowest BCUT2D eigenvalue weighted by Gasteiger charge is -2.17. The summed E-state index contributed by atoms with van der Waals surface area (Å²) in [5.74, 6) is -0.353. The third-order valence-corrected chi connectivity index (χ3v) is 3.48. The van der Waals surface area contributed by atoms with Crippen LogP contribution in [0.4, 0.5) is 5.69 Å². The molecule has 5 nitrogen and oxygen atoms in total. The lowest BCUT2D eigenvalue weighted by Crippen LogP contribution is -2.13. The number of ketones is 1. The summed E-state index contributed by atoms with van der Waals surface area (Å²) in [6.07, 6.45) is 7.56. The molecule has 1 N–H and O–H groups in total. The zero-order chi connectivity index (χ0) is 16.8. The Morgan fingerprint density at radius 1 is 1.39 bits per heavy atom. The van der Waals surface area contributed by atoms with Crippen LogP contribution in [0, 0.1) is 5.92 Å². The Labute approximate surface area is 134 Å². The molecule has 1 atom stereocenters. The molecule has 0 aliphatic heterocycles. The average Bonchev–Trinajstić information content (AvgIpc) is 2.57. The van der Waals surface area contributed by atoms with E-state index in [-0.39, 0.29) is 18.0 Å². The maximum absolute atomic E-state index is 11.9. The first-order valence-corrected chi connectivity index (χ1v) is 7.08. The highest BCUT2D eigenvalue weighted by Crippen LogP contribution is 2.33. The molecule has 0 spiro atoms. The number of aldehydes is 1. The number of hydrogen-bond donors (Lipinski definition) is 1. The second-order valence-corrected chi connectivity index (χ2v) is 5.01. The summed E-state index contributed by atoms with van der Waals surface area (Å²) in [6.45, 7) is 3.67. The van der Waals surface area contributed by atoms with E-state index >= 15 is 0 Å². The topological polar surface area (TPSA) is 72.5 Å². The third kappa shape index (κ3) is 3.83. The fourth-order valence-electron chi connectivity index (χ4n) is 2.38. The fourth-order valence-corrected chi connectivity index (χ4v) is 2.38. The Kier molecular flexibility index (Phi) is 5.25.